The van der Waals surface area contributed by atoms with Gasteiger partial charge in [0.15, 0.2) is 0 Å². The van der Waals surface area contributed by atoms with Crippen LogP contribution in [0.5, 0.6) is 0 Å². The van der Waals surface area contributed by atoms with Crippen molar-refractivity contribution < 1.29 is 14.4 Å². The number of carbonyl (C=O) groups excluding carboxylic acids is 3. The highest BCUT2D eigenvalue weighted by molar-refractivity contribution is 9.10. The lowest BCUT2D eigenvalue weighted by atomic mass is 10.1. The van der Waals surface area contributed by atoms with Crippen LogP contribution in [0, 0.1) is 0 Å². The van der Waals surface area contributed by atoms with E-state index in [1.807, 2.05) is 6.07 Å². The topological polar surface area (TPSA) is 78.5 Å². The van der Waals surface area contributed by atoms with Gasteiger partial charge in [0, 0.05) is 36.1 Å². The summed E-state index contributed by atoms with van der Waals surface area (Å²) in [6, 6.07) is 10.4. The van der Waals surface area contributed by atoms with Gasteiger partial charge in [-0.15, -0.1) is 0 Å². The number of nitrogens with zero attached hydrogens (tertiary/aromatic N) is 1. The van der Waals surface area contributed by atoms with Gasteiger partial charge in [-0.3, -0.25) is 14.4 Å². The van der Waals surface area contributed by atoms with E-state index in [9.17, 15) is 14.4 Å². The van der Waals surface area contributed by atoms with Crippen LogP contribution in [0.1, 0.15) is 29.8 Å². The van der Waals surface area contributed by atoms with Gasteiger partial charge >= 0.3 is 0 Å². The standard InChI is InChI=1S/C19H18BrN3O3/c1-11(24)21-16-5-3-4-14(9-16)19(26)22-17-10-15(20)8-13-6-7-23(12(2)25)18(13)17/h3-5,8-10H,6-7H2,1-2H3,(H,21,24)(H,22,26). The smallest absolute Gasteiger partial charge is 0.255 e. The van der Waals surface area contributed by atoms with E-state index in [0.717, 1.165) is 22.1 Å². The monoisotopic (exact) mass is 415 g/mol. The van der Waals surface area contributed by atoms with Crippen LogP contribution in [0.25, 0.3) is 0 Å². The van der Waals surface area contributed by atoms with Crippen molar-refractivity contribution in [3.8, 4) is 0 Å². The maximum absolute atomic E-state index is 12.7. The number of hydrogen-bond acceptors (Lipinski definition) is 3. The molecule has 0 bridgehead atoms. The minimum atomic E-state index is -0.312. The van der Waals surface area contributed by atoms with Crippen molar-refractivity contribution in [2.75, 3.05) is 22.1 Å². The normalized spacial score (nSPS) is 12.5. The Labute approximate surface area is 159 Å². The van der Waals surface area contributed by atoms with Gasteiger partial charge in [-0.1, -0.05) is 22.0 Å². The van der Waals surface area contributed by atoms with Gasteiger partial charge in [-0.05, 0) is 42.3 Å². The molecule has 134 valence electrons. The first kappa shape index (κ1) is 18.1. The summed E-state index contributed by atoms with van der Waals surface area (Å²) in [6.45, 7) is 3.52. The maximum Gasteiger partial charge on any atom is 0.255 e. The predicted octanol–water partition coefficient (Wildman–Crippen LogP) is 3.57. The van der Waals surface area contributed by atoms with Crippen LogP contribution >= 0.6 is 15.9 Å². The lowest BCUT2D eigenvalue weighted by Crippen LogP contribution is -2.27. The molecule has 0 aromatic heterocycles. The van der Waals surface area contributed by atoms with Crippen molar-refractivity contribution in [1.29, 1.82) is 0 Å². The number of hydrogen-bond donors (Lipinski definition) is 2. The molecule has 0 aliphatic carbocycles. The third-order valence-electron chi connectivity index (χ3n) is 4.10. The molecule has 0 radical (unpaired) electrons. The Kier molecular flexibility index (Phi) is 5.08. The fourth-order valence-corrected chi connectivity index (χ4v) is 3.56. The summed E-state index contributed by atoms with van der Waals surface area (Å²) in [6.07, 6.45) is 0.745. The number of rotatable bonds is 3. The molecule has 7 heteroatoms. The molecule has 1 aliphatic rings. The largest absolute Gasteiger partial charge is 0.326 e. The average molecular weight is 416 g/mol. The molecule has 0 saturated heterocycles. The van der Waals surface area contributed by atoms with Crippen LogP contribution in [-0.2, 0) is 16.0 Å². The van der Waals surface area contributed by atoms with Crippen molar-refractivity contribution in [2.45, 2.75) is 20.3 Å². The Morgan fingerprint density at radius 2 is 1.85 bits per heavy atom. The molecule has 2 aromatic carbocycles. The van der Waals surface area contributed by atoms with Gasteiger partial charge in [-0.25, -0.2) is 0 Å². The van der Waals surface area contributed by atoms with E-state index in [-0.39, 0.29) is 17.7 Å². The molecule has 3 amide bonds. The van der Waals surface area contributed by atoms with Gasteiger partial charge in [0.1, 0.15) is 0 Å². The van der Waals surface area contributed by atoms with Gasteiger partial charge < -0.3 is 15.5 Å². The lowest BCUT2D eigenvalue weighted by Gasteiger charge is -2.19. The maximum atomic E-state index is 12.7. The highest BCUT2D eigenvalue weighted by Crippen LogP contribution is 2.38. The molecule has 1 heterocycles. The minimum absolute atomic E-state index is 0.0609. The zero-order valence-corrected chi connectivity index (χ0v) is 16.0. The van der Waals surface area contributed by atoms with E-state index in [4.69, 9.17) is 0 Å². The first-order chi connectivity index (χ1) is 12.3. The predicted molar refractivity (Wildman–Crippen MR) is 105 cm³/mol. The molecule has 0 fully saturated rings. The number of fused-ring (bicyclic) bond motifs is 1. The minimum Gasteiger partial charge on any atom is -0.326 e. The summed E-state index contributed by atoms with van der Waals surface area (Å²) in [4.78, 5) is 37.5. The molecule has 0 saturated carbocycles. The van der Waals surface area contributed by atoms with Crippen LogP contribution < -0.4 is 15.5 Å². The number of halogens is 1. The van der Waals surface area contributed by atoms with Crippen LogP contribution in [0.2, 0.25) is 0 Å². The Hall–Kier alpha value is -2.67. The molecule has 26 heavy (non-hydrogen) atoms. The van der Waals surface area contributed by atoms with Gasteiger partial charge in [0.25, 0.3) is 5.91 Å². The molecule has 6 nitrogen and oxygen atoms in total. The zero-order chi connectivity index (χ0) is 18.8. The van der Waals surface area contributed by atoms with E-state index in [2.05, 4.69) is 26.6 Å². The zero-order valence-electron chi connectivity index (χ0n) is 14.4. The van der Waals surface area contributed by atoms with E-state index in [1.54, 1.807) is 35.2 Å². The summed E-state index contributed by atoms with van der Waals surface area (Å²) in [5.41, 5.74) is 3.30. The molecule has 0 unspecified atom stereocenters. The Morgan fingerprint density at radius 1 is 1.08 bits per heavy atom. The average Bonchev–Trinajstić information content (AvgIpc) is 2.98. The first-order valence-corrected chi connectivity index (χ1v) is 8.94. The second kappa shape index (κ2) is 7.29. The molecule has 2 aromatic rings. The molecular formula is C19H18BrN3O3. The van der Waals surface area contributed by atoms with E-state index < -0.39 is 0 Å². The highest BCUT2D eigenvalue weighted by atomic mass is 79.9. The molecule has 1 aliphatic heterocycles. The van der Waals surface area contributed by atoms with Crippen LogP contribution in [0.3, 0.4) is 0 Å². The molecular weight excluding hydrogens is 398 g/mol. The number of nitrogens with one attached hydrogen (secondary N) is 2. The van der Waals surface area contributed by atoms with Crippen LogP contribution in [-0.4, -0.2) is 24.3 Å². The summed E-state index contributed by atoms with van der Waals surface area (Å²) in [7, 11) is 0. The number of amides is 3. The van der Waals surface area contributed by atoms with E-state index >= 15 is 0 Å². The number of anilines is 3. The Morgan fingerprint density at radius 3 is 2.54 bits per heavy atom. The van der Waals surface area contributed by atoms with Crippen molar-refractivity contribution in [3.63, 3.8) is 0 Å². The fraction of sp³-hybridized carbons (Fsp3) is 0.211. The Balaban J connectivity index is 1.91. The number of carbonyl (C=O) groups is 3. The molecule has 0 spiro atoms. The summed E-state index contributed by atoms with van der Waals surface area (Å²) in [5, 5.41) is 5.55. The van der Waals surface area contributed by atoms with Crippen LogP contribution in [0.4, 0.5) is 17.1 Å². The lowest BCUT2D eigenvalue weighted by molar-refractivity contribution is -0.116. The van der Waals surface area contributed by atoms with Gasteiger partial charge in [0.2, 0.25) is 11.8 Å². The molecule has 2 N–H and O–H groups in total. The SMILES string of the molecule is CC(=O)Nc1cccc(C(=O)Nc2cc(Br)cc3c2N(C(C)=O)CC3)c1. The summed E-state index contributed by atoms with van der Waals surface area (Å²) in [5.74, 6) is -0.577. The summed E-state index contributed by atoms with van der Waals surface area (Å²) < 4.78 is 0.837. The van der Waals surface area contributed by atoms with Crippen LogP contribution in [0.15, 0.2) is 40.9 Å². The Bertz CT molecular complexity index is 911. The summed E-state index contributed by atoms with van der Waals surface area (Å²) >= 11 is 3.46. The number of benzene rings is 2. The quantitative estimate of drug-likeness (QED) is 0.803. The van der Waals surface area contributed by atoms with Crippen molar-refractivity contribution in [1.82, 2.24) is 0 Å². The van der Waals surface area contributed by atoms with Gasteiger partial charge in [-0.2, -0.15) is 0 Å². The first-order valence-electron chi connectivity index (χ1n) is 8.14. The van der Waals surface area contributed by atoms with Crippen molar-refractivity contribution in [3.05, 3.63) is 52.0 Å². The third kappa shape index (κ3) is 3.77. The fourth-order valence-electron chi connectivity index (χ4n) is 3.06. The highest BCUT2D eigenvalue weighted by Gasteiger charge is 2.26. The van der Waals surface area contributed by atoms with Crippen molar-refractivity contribution in [2.24, 2.45) is 0 Å². The third-order valence-corrected chi connectivity index (χ3v) is 4.56. The second-order valence-corrected chi connectivity index (χ2v) is 7.01. The van der Waals surface area contributed by atoms with E-state index in [1.165, 1.54) is 13.8 Å². The van der Waals surface area contributed by atoms with Gasteiger partial charge in [0.05, 0.1) is 11.4 Å². The van der Waals surface area contributed by atoms with E-state index in [0.29, 0.717) is 23.5 Å². The van der Waals surface area contributed by atoms with Crippen molar-refractivity contribution >= 4 is 50.7 Å². The molecule has 3 rings (SSSR count). The second-order valence-electron chi connectivity index (χ2n) is 6.10. The molecule has 0 atom stereocenters.